The molecule has 0 saturated carbocycles. The Labute approximate surface area is 166 Å². The molecule has 0 N–H and O–H groups in total. The highest BCUT2D eigenvalue weighted by Gasteiger charge is 2.22. The van der Waals surface area contributed by atoms with Crippen molar-refractivity contribution in [2.45, 2.75) is 19.1 Å². The lowest BCUT2D eigenvalue weighted by Gasteiger charge is -2.30. The van der Waals surface area contributed by atoms with E-state index in [1.165, 1.54) is 10.9 Å². The minimum absolute atomic E-state index is 0.0584. The SMILES string of the molecule is O=C(Cn1nc(F)c2ncc(-c3ccc(Cl)c(OC(F)P)c3)cc21)N1CCC1. The van der Waals surface area contributed by atoms with Crippen LogP contribution in [-0.2, 0) is 11.3 Å². The molecule has 10 heteroatoms. The average Bonchev–Trinajstić information content (AvgIpc) is 2.90. The number of alkyl halides is 1. The van der Waals surface area contributed by atoms with Crippen molar-refractivity contribution in [1.82, 2.24) is 19.7 Å². The Morgan fingerprint density at radius 1 is 1.32 bits per heavy atom. The molecule has 1 aromatic carbocycles. The van der Waals surface area contributed by atoms with Crippen molar-refractivity contribution in [2.75, 3.05) is 13.1 Å². The standard InChI is InChI=1S/C18H16ClF2N4O2P/c19-12-3-2-10(7-14(12)27-18(21)28)11-6-13-16(22-8-11)17(20)23-25(13)9-15(26)24-4-1-5-24/h2-3,6-8,18H,1,4-5,9,28H2. The van der Waals surface area contributed by atoms with E-state index < -0.39 is 12.0 Å². The minimum atomic E-state index is -1.60. The molecular weight excluding hydrogens is 409 g/mol. The van der Waals surface area contributed by atoms with Crippen LogP contribution in [0.5, 0.6) is 5.75 Å². The van der Waals surface area contributed by atoms with Gasteiger partial charge in [-0.3, -0.25) is 9.48 Å². The molecule has 4 rings (SSSR count). The van der Waals surface area contributed by atoms with Crippen LogP contribution in [0.3, 0.4) is 0 Å². The van der Waals surface area contributed by atoms with Crippen molar-refractivity contribution >= 4 is 37.8 Å². The van der Waals surface area contributed by atoms with Crippen molar-refractivity contribution in [2.24, 2.45) is 0 Å². The first-order chi connectivity index (χ1) is 13.4. The first-order valence-corrected chi connectivity index (χ1v) is 9.63. The molecule has 146 valence electrons. The average molecular weight is 425 g/mol. The van der Waals surface area contributed by atoms with E-state index >= 15 is 0 Å². The number of rotatable bonds is 5. The van der Waals surface area contributed by atoms with Crippen LogP contribution in [0, 0.1) is 5.95 Å². The molecule has 2 aromatic heterocycles. The Morgan fingerprint density at radius 3 is 2.79 bits per heavy atom. The second-order valence-electron chi connectivity index (χ2n) is 6.39. The summed E-state index contributed by atoms with van der Waals surface area (Å²) in [5, 5.41) is 4.08. The van der Waals surface area contributed by atoms with Gasteiger partial charge in [-0.2, -0.15) is 8.78 Å². The predicted molar refractivity (Wildman–Crippen MR) is 104 cm³/mol. The van der Waals surface area contributed by atoms with Crippen LogP contribution in [0.15, 0.2) is 30.5 Å². The molecule has 3 aromatic rings. The summed E-state index contributed by atoms with van der Waals surface area (Å²) in [6.45, 7) is 1.36. The molecule has 2 atom stereocenters. The van der Waals surface area contributed by atoms with Gasteiger partial charge >= 0.3 is 0 Å². The molecule has 1 fully saturated rings. The van der Waals surface area contributed by atoms with E-state index in [0.29, 0.717) is 29.7 Å². The van der Waals surface area contributed by atoms with Gasteiger partial charge in [0.1, 0.15) is 17.8 Å². The number of hydrogen-bond donors (Lipinski definition) is 0. The van der Waals surface area contributed by atoms with Gasteiger partial charge in [0.2, 0.25) is 12.0 Å². The number of fused-ring (bicyclic) bond motifs is 1. The highest BCUT2D eigenvalue weighted by atomic mass is 35.5. The second kappa shape index (κ2) is 7.60. The minimum Gasteiger partial charge on any atom is -0.456 e. The van der Waals surface area contributed by atoms with Crippen LogP contribution >= 0.6 is 20.8 Å². The molecule has 28 heavy (non-hydrogen) atoms. The van der Waals surface area contributed by atoms with Crippen LogP contribution in [-0.4, -0.2) is 44.8 Å². The van der Waals surface area contributed by atoms with Crippen molar-refractivity contribution in [3.63, 3.8) is 0 Å². The van der Waals surface area contributed by atoms with Crippen molar-refractivity contribution in [3.05, 3.63) is 41.4 Å². The Kier molecular flexibility index (Phi) is 5.17. The number of nitrogens with zero attached hydrogens (tertiary/aromatic N) is 4. The first kappa shape index (κ1) is 19.0. The lowest BCUT2D eigenvalue weighted by molar-refractivity contribution is -0.135. The monoisotopic (exact) mass is 424 g/mol. The van der Waals surface area contributed by atoms with Crippen LogP contribution < -0.4 is 4.74 Å². The van der Waals surface area contributed by atoms with E-state index in [1.54, 1.807) is 29.2 Å². The third kappa shape index (κ3) is 3.66. The number of halogens is 3. The molecule has 6 nitrogen and oxygen atoms in total. The molecule has 1 saturated heterocycles. The fourth-order valence-corrected chi connectivity index (χ4v) is 3.29. The third-order valence-electron chi connectivity index (χ3n) is 4.55. The summed E-state index contributed by atoms with van der Waals surface area (Å²) < 4.78 is 33.7. The van der Waals surface area contributed by atoms with Gasteiger partial charge in [0.15, 0.2) is 0 Å². The zero-order valence-corrected chi connectivity index (χ0v) is 16.5. The molecule has 0 bridgehead atoms. The van der Waals surface area contributed by atoms with E-state index in [1.807, 2.05) is 9.24 Å². The van der Waals surface area contributed by atoms with Gasteiger partial charge in [0, 0.05) is 24.8 Å². The van der Waals surface area contributed by atoms with Gasteiger partial charge in [-0.1, -0.05) is 26.9 Å². The zero-order valence-electron chi connectivity index (χ0n) is 14.6. The van der Waals surface area contributed by atoms with Crippen LogP contribution in [0.4, 0.5) is 8.78 Å². The molecule has 3 heterocycles. The molecule has 0 aliphatic carbocycles. The third-order valence-corrected chi connectivity index (χ3v) is 5.00. The maximum Gasteiger partial charge on any atom is 0.258 e. The normalized spacial score (nSPS) is 14.8. The molecule has 0 spiro atoms. The Morgan fingerprint density at radius 2 is 2.11 bits per heavy atom. The number of likely N-dealkylation sites (tertiary alicyclic amines) is 1. The van der Waals surface area contributed by atoms with Crippen LogP contribution in [0.25, 0.3) is 22.2 Å². The van der Waals surface area contributed by atoms with Crippen molar-refractivity contribution < 1.29 is 18.3 Å². The van der Waals surface area contributed by atoms with Gasteiger partial charge in [0.25, 0.3) is 5.95 Å². The Balaban J connectivity index is 1.71. The summed E-state index contributed by atoms with van der Waals surface area (Å²) in [6, 6.07) is 6.55. The van der Waals surface area contributed by atoms with Gasteiger partial charge in [-0.05, 0) is 30.2 Å². The lowest BCUT2D eigenvalue weighted by atomic mass is 10.1. The van der Waals surface area contributed by atoms with Gasteiger partial charge in [0.05, 0.1) is 10.5 Å². The molecule has 0 radical (unpaired) electrons. The Bertz CT molecular complexity index is 1060. The lowest BCUT2D eigenvalue weighted by Crippen LogP contribution is -2.43. The zero-order chi connectivity index (χ0) is 19.8. The van der Waals surface area contributed by atoms with Crippen molar-refractivity contribution in [1.29, 1.82) is 0 Å². The quantitative estimate of drug-likeness (QED) is 0.587. The number of carbonyl (C=O) groups is 1. The Hall–Kier alpha value is -2.31. The predicted octanol–water partition coefficient (Wildman–Crippen LogP) is 3.63. The van der Waals surface area contributed by atoms with E-state index in [9.17, 15) is 13.6 Å². The summed E-state index contributed by atoms with van der Waals surface area (Å²) in [7, 11) is 1.88. The number of hydrogen-bond acceptors (Lipinski definition) is 4. The molecule has 2 unspecified atom stereocenters. The number of ether oxygens (including phenoxy) is 1. The summed E-state index contributed by atoms with van der Waals surface area (Å²) in [5.41, 5.74) is 1.77. The van der Waals surface area contributed by atoms with E-state index in [4.69, 9.17) is 16.3 Å². The fourth-order valence-electron chi connectivity index (χ4n) is 2.98. The topological polar surface area (TPSA) is 60.3 Å². The number of aromatic nitrogens is 3. The fraction of sp³-hybridized carbons (Fsp3) is 0.278. The van der Waals surface area contributed by atoms with Gasteiger partial charge in [-0.25, -0.2) is 4.98 Å². The molecule has 1 amide bonds. The van der Waals surface area contributed by atoms with E-state index in [-0.39, 0.29) is 28.7 Å². The highest BCUT2D eigenvalue weighted by Crippen LogP contribution is 2.33. The number of pyridine rings is 1. The summed E-state index contributed by atoms with van der Waals surface area (Å²) in [5.74, 6) is -0.673. The van der Waals surface area contributed by atoms with Gasteiger partial charge < -0.3 is 9.64 Å². The summed E-state index contributed by atoms with van der Waals surface area (Å²) >= 11 is 6.04. The first-order valence-electron chi connectivity index (χ1n) is 8.58. The molecule has 1 aliphatic rings. The maximum absolute atomic E-state index is 14.1. The van der Waals surface area contributed by atoms with E-state index in [2.05, 4.69) is 10.1 Å². The highest BCUT2D eigenvalue weighted by molar-refractivity contribution is 7.16. The van der Waals surface area contributed by atoms with Gasteiger partial charge in [-0.15, -0.1) is 5.10 Å². The number of carbonyl (C=O) groups excluding carboxylic acids is 1. The molecule has 1 aliphatic heterocycles. The molecular formula is C18H16ClF2N4O2P. The smallest absolute Gasteiger partial charge is 0.258 e. The largest absolute Gasteiger partial charge is 0.456 e. The second-order valence-corrected chi connectivity index (χ2v) is 7.32. The van der Waals surface area contributed by atoms with Crippen LogP contribution in [0.1, 0.15) is 6.42 Å². The summed E-state index contributed by atoms with van der Waals surface area (Å²) in [4.78, 5) is 18.1. The number of benzene rings is 1. The van der Waals surface area contributed by atoms with Crippen molar-refractivity contribution in [3.8, 4) is 16.9 Å². The maximum atomic E-state index is 14.1. The van der Waals surface area contributed by atoms with E-state index in [0.717, 1.165) is 6.42 Å². The summed E-state index contributed by atoms with van der Waals surface area (Å²) in [6.07, 6.45) is 0.856. The number of amides is 1. The van der Waals surface area contributed by atoms with Crippen LogP contribution in [0.2, 0.25) is 5.02 Å².